The zero-order valence-corrected chi connectivity index (χ0v) is 32.3. The Labute approximate surface area is 298 Å². The lowest BCUT2D eigenvalue weighted by Crippen LogP contribution is -2.57. The van der Waals surface area contributed by atoms with Crippen molar-refractivity contribution in [1.82, 2.24) is 4.98 Å². The zero-order valence-electron chi connectivity index (χ0n) is 31.3. The topological polar surface area (TPSA) is 33.8 Å². The van der Waals surface area contributed by atoms with Gasteiger partial charge in [0.2, 0.25) is 23.1 Å². The van der Waals surface area contributed by atoms with E-state index in [-0.39, 0.29) is 22.8 Å². The molecule has 0 amide bonds. The minimum atomic E-state index is -1.72. The Morgan fingerprint density at radius 1 is 0.900 bits per heavy atom. The lowest BCUT2D eigenvalue weighted by molar-refractivity contribution is -0.726. The number of aryl methyl sites for hydroxylation is 1. The molecule has 0 bridgehead atoms. The van der Waals surface area contributed by atoms with Gasteiger partial charge >= 0.3 is 0 Å². The van der Waals surface area contributed by atoms with Crippen LogP contribution in [-0.4, -0.2) is 13.1 Å². The van der Waals surface area contributed by atoms with Gasteiger partial charge < -0.3 is 4.42 Å². The number of pyridine rings is 3. The maximum absolute atomic E-state index is 6.76. The molecule has 0 saturated heterocycles. The molecule has 2 aliphatic rings. The minimum absolute atomic E-state index is 0.0309. The molecule has 6 heterocycles. The van der Waals surface area contributed by atoms with Gasteiger partial charge in [0, 0.05) is 45.9 Å². The summed E-state index contributed by atoms with van der Waals surface area (Å²) in [5, 5.41) is 3.71. The van der Waals surface area contributed by atoms with Crippen molar-refractivity contribution in [3.8, 4) is 22.5 Å². The van der Waals surface area contributed by atoms with Crippen LogP contribution in [0.3, 0.4) is 0 Å². The molecule has 2 unspecified atom stereocenters. The second-order valence-corrected chi connectivity index (χ2v) is 23.0. The van der Waals surface area contributed by atoms with Crippen LogP contribution in [-0.2, 0) is 18.3 Å². The van der Waals surface area contributed by atoms with Crippen LogP contribution < -0.4 is 14.3 Å². The van der Waals surface area contributed by atoms with E-state index in [0.717, 1.165) is 63.8 Å². The number of nitrogens with zero attached hydrogens (tertiary/aromatic N) is 3. The summed E-state index contributed by atoms with van der Waals surface area (Å²) in [6, 6.07) is 24.7. The van der Waals surface area contributed by atoms with E-state index >= 15 is 0 Å². The van der Waals surface area contributed by atoms with Gasteiger partial charge in [-0.3, -0.25) is 4.98 Å². The molecule has 5 heteroatoms. The Morgan fingerprint density at radius 2 is 1.64 bits per heavy atom. The average molecular weight is 678 g/mol. The zero-order chi connectivity index (χ0) is 35.3. The van der Waals surface area contributed by atoms with Crippen molar-refractivity contribution in [3.63, 3.8) is 0 Å². The summed E-state index contributed by atoms with van der Waals surface area (Å²) in [5.74, 6) is 0.223. The fraction of sp³-hybridized carbons (Fsp3) is 0.356. The molecular formula is C45H51N3OSi+2. The third kappa shape index (κ3) is 5.36. The molecule has 2 aromatic carbocycles. The van der Waals surface area contributed by atoms with Gasteiger partial charge in [0.1, 0.15) is 11.1 Å². The molecule has 0 spiro atoms. The van der Waals surface area contributed by atoms with Crippen LogP contribution >= 0.6 is 0 Å². The molecule has 0 fully saturated rings. The normalized spacial score (nSPS) is 17.7. The van der Waals surface area contributed by atoms with Crippen molar-refractivity contribution in [2.24, 2.45) is 5.41 Å². The van der Waals surface area contributed by atoms with Gasteiger partial charge in [0.25, 0.3) is 0 Å². The predicted octanol–water partition coefficient (Wildman–Crippen LogP) is 10.1. The summed E-state index contributed by atoms with van der Waals surface area (Å²) >= 11 is 0. The Morgan fingerprint density at radius 3 is 2.38 bits per heavy atom. The largest absolute Gasteiger partial charge is 0.455 e. The van der Waals surface area contributed by atoms with Crippen LogP contribution in [0.1, 0.15) is 82.3 Å². The van der Waals surface area contributed by atoms with E-state index < -0.39 is 8.07 Å². The highest BCUT2D eigenvalue weighted by molar-refractivity contribution is 6.89. The van der Waals surface area contributed by atoms with Crippen LogP contribution in [0.2, 0.25) is 19.6 Å². The summed E-state index contributed by atoms with van der Waals surface area (Å²) in [7, 11) is -1.72. The first-order valence-electron chi connectivity index (χ1n) is 18.3. The number of rotatable bonds is 2. The number of fused-ring (bicyclic) bond motifs is 13. The number of para-hydroxylation sites is 1. The molecule has 0 saturated carbocycles. The number of allylic oxidation sites excluding steroid dienone is 1. The van der Waals surface area contributed by atoms with Gasteiger partial charge in [-0.15, -0.1) is 0 Å². The monoisotopic (exact) mass is 677 g/mol. The summed E-state index contributed by atoms with van der Waals surface area (Å²) in [6.07, 6.45) is 9.69. The molecule has 4 aromatic heterocycles. The van der Waals surface area contributed by atoms with E-state index in [2.05, 4.69) is 143 Å². The van der Waals surface area contributed by atoms with Gasteiger partial charge in [0.15, 0.2) is 18.0 Å². The van der Waals surface area contributed by atoms with Gasteiger partial charge in [0.05, 0.1) is 19.7 Å². The van der Waals surface area contributed by atoms with E-state index in [0.29, 0.717) is 0 Å². The first-order valence-corrected chi connectivity index (χ1v) is 21.8. The Bertz CT molecular complexity index is 2340. The fourth-order valence-corrected chi connectivity index (χ4v) is 10.2. The average Bonchev–Trinajstić information content (AvgIpc) is 3.44. The molecule has 0 aliphatic carbocycles. The molecular weight excluding hydrogens is 627 g/mol. The first-order chi connectivity index (χ1) is 23.6. The Balaban J connectivity index is 1.44. The SMILES string of the molecule is C=C1C2C(CCc3ncc4c(oc5ccccc54)c3-c3cc(C(C)(C)C)cc[n+]31)c1ccccc1-c1cc(CC(C)(C)C)c([Si](C)(C)C)c[n+]12. The van der Waals surface area contributed by atoms with Crippen LogP contribution in [0.15, 0.2) is 96.3 Å². The molecule has 0 radical (unpaired) electrons. The number of hydrogen-bond acceptors (Lipinski definition) is 2. The van der Waals surface area contributed by atoms with Crippen LogP contribution in [0, 0.1) is 5.41 Å². The predicted molar refractivity (Wildman–Crippen MR) is 209 cm³/mol. The van der Waals surface area contributed by atoms with Crippen molar-refractivity contribution in [2.45, 2.75) is 97.8 Å². The molecule has 0 N–H and O–H groups in total. The van der Waals surface area contributed by atoms with Crippen molar-refractivity contribution in [1.29, 1.82) is 0 Å². The van der Waals surface area contributed by atoms with Gasteiger partial charge in [-0.2, -0.15) is 9.13 Å². The number of hydrogen-bond donors (Lipinski definition) is 0. The van der Waals surface area contributed by atoms with Crippen molar-refractivity contribution >= 4 is 40.9 Å². The van der Waals surface area contributed by atoms with E-state index in [1.807, 2.05) is 12.3 Å². The third-order valence-corrected chi connectivity index (χ3v) is 13.0. The Hall–Kier alpha value is -4.35. The second kappa shape index (κ2) is 11.3. The van der Waals surface area contributed by atoms with E-state index in [9.17, 15) is 0 Å². The second-order valence-electron chi connectivity index (χ2n) is 18.0. The quantitative estimate of drug-likeness (QED) is 0.135. The lowest BCUT2D eigenvalue weighted by atomic mass is 9.78. The highest BCUT2D eigenvalue weighted by Crippen LogP contribution is 2.46. The smallest absolute Gasteiger partial charge is 0.249 e. The molecule has 2 aliphatic heterocycles. The van der Waals surface area contributed by atoms with E-state index in [4.69, 9.17) is 16.0 Å². The highest BCUT2D eigenvalue weighted by Gasteiger charge is 2.48. The standard InChI is InChI=1S/C45H51N3OSi/c1-28-42-34(31-15-11-12-16-32(31)37-23-29(25-44(2,3)4)40(27-48(37)42)50(8,9)10)19-20-36-41(38-24-30(45(5,6)7)21-22-47(28)38)43-35(26-46-36)33-17-13-14-18-39(33)49-43/h11-18,21-24,26-27,34,42H,1,19-20,25H2,2-10H3/q+2. The molecule has 8 rings (SSSR count). The van der Waals surface area contributed by atoms with Crippen LogP contribution in [0.25, 0.3) is 50.2 Å². The first kappa shape index (κ1) is 32.8. The van der Waals surface area contributed by atoms with Gasteiger partial charge in [-0.05, 0) is 65.5 Å². The number of furan rings is 1. The maximum Gasteiger partial charge on any atom is 0.249 e. The fourth-order valence-electron chi connectivity index (χ4n) is 8.59. The van der Waals surface area contributed by atoms with Crippen LogP contribution in [0.4, 0.5) is 0 Å². The van der Waals surface area contributed by atoms with E-state index in [1.165, 1.54) is 27.9 Å². The number of benzene rings is 2. The molecule has 4 nitrogen and oxygen atoms in total. The van der Waals surface area contributed by atoms with Crippen molar-refractivity contribution in [2.75, 3.05) is 0 Å². The molecule has 254 valence electrons. The molecule has 2 atom stereocenters. The lowest BCUT2D eigenvalue weighted by Gasteiger charge is -2.32. The van der Waals surface area contributed by atoms with E-state index in [1.54, 1.807) is 5.19 Å². The van der Waals surface area contributed by atoms with Crippen molar-refractivity contribution in [3.05, 3.63) is 114 Å². The number of aromatic nitrogens is 3. The minimum Gasteiger partial charge on any atom is -0.455 e. The summed E-state index contributed by atoms with van der Waals surface area (Å²) in [5.41, 5.74) is 13.1. The third-order valence-electron chi connectivity index (χ3n) is 11.0. The van der Waals surface area contributed by atoms with Gasteiger partial charge in [-0.25, -0.2) is 0 Å². The summed E-state index contributed by atoms with van der Waals surface area (Å²) in [6.45, 7) is 26.5. The van der Waals surface area contributed by atoms with Crippen LogP contribution in [0.5, 0.6) is 0 Å². The highest BCUT2D eigenvalue weighted by atomic mass is 28.3. The summed E-state index contributed by atoms with van der Waals surface area (Å²) in [4.78, 5) is 5.25. The molecule has 6 aromatic rings. The maximum atomic E-state index is 6.76. The molecule has 50 heavy (non-hydrogen) atoms. The van der Waals surface area contributed by atoms with Crippen molar-refractivity contribution < 1.29 is 13.6 Å². The Kier molecular flexibility index (Phi) is 7.44. The summed E-state index contributed by atoms with van der Waals surface area (Å²) < 4.78 is 11.7. The van der Waals surface area contributed by atoms with Gasteiger partial charge in [-0.1, -0.05) is 97.6 Å².